The standard InChI is InChI=1S/C21H23N5O5/c22-11-16-15-6-1-2-7-17(15)25(12-14-5-4-10-30-14)20(16)24-19(27)13-31-18-8-3-9-23-21(18)26(28)29/h3,8-9,14H,1-2,4-7,10,12-13H2,(H,24,27). The number of nitriles is 1. The number of pyridine rings is 1. The third-order valence-corrected chi connectivity index (χ3v) is 5.64. The molecule has 0 bridgehead atoms. The number of anilines is 1. The normalized spacial score (nSPS) is 17.6. The Morgan fingerprint density at radius 1 is 1.42 bits per heavy atom. The second kappa shape index (κ2) is 9.14. The number of ether oxygens (including phenoxy) is 2. The summed E-state index contributed by atoms with van der Waals surface area (Å²) in [4.78, 5) is 26.7. The molecule has 1 atom stereocenters. The Bertz CT molecular complexity index is 1040. The van der Waals surface area contributed by atoms with E-state index in [2.05, 4.69) is 16.4 Å². The summed E-state index contributed by atoms with van der Waals surface area (Å²) >= 11 is 0. The highest BCUT2D eigenvalue weighted by molar-refractivity contribution is 5.93. The fourth-order valence-electron chi connectivity index (χ4n) is 4.26. The van der Waals surface area contributed by atoms with Crippen LogP contribution < -0.4 is 10.1 Å². The van der Waals surface area contributed by atoms with Crippen molar-refractivity contribution in [2.24, 2.45) is 0 Å². The van der Waals surface area contributed by atoms with Gasteiger partial charge in [0.2, 0.25) is 5.75 Å². The zero-order valence-corrected chi connectivity index (χ0v) is 17.0. The molecule has 0 radical (unpaired) electrons. The first-order valence-electron chi connectivity index (χ1n) is 10.4. The summed E-state index contributed by atoms with van der Waals surface area (Å²) in [6.45, 7) is 0.862. The fraction of sp³-hybridized carbons (Fsp3) is 0.476. The maximum Gasteiger partial charge on any atom is 0.406 e. The van der Waals surface area contributed by atoms with Crippen LogP contribution in [0.15, 0.2) is 18.3 Å². The van der Waals surface area contributed by atoms with Gasteiger partial charge in [-0.1, -0.05) is 0 Å². The summed E-state index contributed by atoms with van der Waals surface area (Å²) in [5, 5.41) is 23.7. The first-order valence-corrected chi connectivity index (χ1v) is 10.4. The van der Waals surface area contributed by atoms with Gasteiger partial charge in [-0.2, -0.15) is 5.26 Å². The van der Waals surface area contributed by atoms with E-state index in [1.807, 2.05) is 4.57 Å². The van der Waals surface area contributed by atoms with Crippen LogP contribution in [0.4, 0.5) is 11.6 Å². The lowest BCUT2D eigenvalue weighted by Gasteiger charge is -2.19. The van der Waals surface area contributed by atoms with Gasteiger partial charge in [-0.05, 0) is 66.1 Å². The van der Waals surface area contributed by atoms with Gasteiger partial charge in [0, 0.05) is 12.3 Å². The van der Waals surface area contributed by atoms with E-state index in [9.17, 15) is 20.2 Å². The van der Waals surface area contributed by atoms with Gasteiger partial charge in [-0.3, -0.25) is 4.79 Å². The van der Waals surface area contributed by atoms with Gasteiger partial charge >= 0.3 is 5.82 Å². The van der Waals surface area contributed by atoms with Gasteiger partial charge < -0.3 is 29.5 Å². The van der Waals surface area contributed by atoms with E-state index in [1.165, 1.54) is 18.3 Å². The van der Waals surface area contributed by atoms with Gasteiger partial charge in [-0.25, -0.2) is 0 Å². The molecule has 1 N–H and O–H groups in total. The highest BCUT2D eigenvalue weighted by Gasteiger charge is 2.28. The number of carbonyl (C=O) groups excluding carboxylic acids is 1. The van der Waals surface area contributed by atoms with E-state index >= 15 is 0 Å². The third-order valence-electron chi connectivity index (χ3n) is 5.64. The van der Waals surface area contributed by atoms with Crippen molar-refractivity contribution >= 4 is 17.5 Å². The largest absolute Gasteiger partial charge is 0.476 e. The van der Waals surface area contributed by atoms with Gasteiger partial charge in [0.05, 0.1) is 18.2 Å². The number of carbonyl (C=O) groups is 1. The Morgan fingerprint density at radius 3 is 3.00 bits per heavy atom. The molecular weight excluding hydrogens is 402 g/mol. The number of aromatic nitrogens is 2. The first-order chi connectivity index (χ1) is 15.1. The molecular formula is C21H23N5O5. The average Bonchev–Trinajstić information content (AvgIpc) is 3.39. The van der Waals surface area contributed by atoms with Crippen molar-refractivity contribution in [3.05, 3.63) is 45.3 Å². The van der Waals surface area contributed by atoms with Crippen molar-refractivity contribution in [2.45, 2.75) is 51.2 Å². The molecule has 1 aliphatic carbocycles. The molecule has 10 nitrogen and oxygen atoms in total. The highest BCUT2D eigenvalue weighted by atomic mass is 16.6. The molecule has 2 aliphatic rings. The van der Waals surface area contributed by atoms with E-state index in [-0.39, 0.29) is 11.9 Å². The quantitative estimate of drug-likeness (QED) is 0.533. The number of amides is 1. The minimum absolute atomic E-state index is 0.0508. The van der Waals surface area contributed by atoms with Gasteiger partial charge in [0.1, 0.15) is 18.1 Å². The molecule has 1 aliphatic heterocycles. The van der Waals surface area contributed by atoms with Crippen LogP contribution in [0.2, 0.25) is 0 Å². The summed E-state index contributed by atoms with van der Waals surface area (Å²) < 4.78 is 13.1. The summed E-state index contributed by atoms with van der Waals surface area (Å²) in [5.41, 5.74) is 2.55. The lowest BCUT2D eigenvalue weighted by molar-refractivity contribution is -0.390. The maximum atomic E-state index is 12.7. The Kier molecular flexibility index (Phi) is 6.13. The Labute approximate surface area is 178 Å². The van der Waals surface area contributed by atoms with E-state index < -0.39 is 23.3 Å². The molecule has 0 spiro atoms. The second-order valence-corrected chi connectivity index (χ2v) is 7.63. The van der Waals surface area contributed by atoms with E-state index in [0.29, 0.717) is 17.9 Å². The highest BCUT2D eigenvalue weighted by Crippen LogP contribution is 2.34. The molecule has 0 saturated carbocycles. The van der Waals surface area contributed by atoms with Crippen molar-refractivity contribution in [1.29, 1.82) is 5.26 Å². The lowest BCUT2D eigenvalue weighted by Crippen LogP contribution is -2.25. The van der Waals surface area contributed by atoms with Crippen LogP contribution in [0.1, 0.15) is 42.5 Å². The summed E-state index contributed by atoms with van der Waals surface area (Å²) in [6.07, 6.45) is 6.97. The molecule has 31 heavy (non-hydrogen) atoms. The summed E-state index contributed by atoms with van der Waals surface area (Å²) in [7, 11) is 0. The molecule has 2 aromatic heterocycles. The molecule has 4 rings (SSSR count). The van der Waals surface area contributed by atoms with E-state index in [4.69, 9.17) is 9.47 Å². The van der Waals surface area contributed by atoms with Crippen LogP contribution in [0.5, 0.6) is 5.75 Å². The molecule has 2 aromatic rings. The van der Waals surface area contributed by atoms with Crippen LogP contribution in [0.3, 0.4) is 0 Å². The van der Waals surface area contributed by atoms with Crippen LogP contribution >= 0.6 is 0 Å². The Hall–Kier alpha value is -3.45. The Balaban J connectivity index is 1.55. The van der Waals surface area contributed by atoms with Gasteiger partial charge in [0.15, 0.2) is 6.61 Å². The molecule has 1 amide bonds. The average molecular weight is 425 g/mol. The van der Waals surface area contributed by atoms with Crippen molar-refractivity contribution in [3.63, 3.8) is 0 Å². The topological polar surface area (TPSA) is 132 Å². The minimum Gasteiger partial charge on any atom is -0.476 e. The number of rotatable bonds is 7. The maximum absolute atomic E-state index is 12.7. The van der Waals surface area contributed by atoms with Crippen LogP contribution in [-0.2, 0) is 28.9 Å². The smallest absolute Gasteiger partial charge is 0.406 e. The van der Waals surface area contributed by atoms with Crippen LogP contribution in [0, 0.1) is 21.4 Å². The number of nitrogens with zero attached hydrogens (tertiary/aromatic N) is 4. The van der Waals surface area contributed by atoms with Gasteiger partial charge in [0.25, 0.3) is 5.91 Å². The third kappa shape index (κ3) is 4.36. The zero-order chi connectivity index (χ0) is 21.8. The summed E-state index contributed by atoms with van der Waals surface area (Å²) in [5.74, 6) is -0.584. The monoisotopic (exact) mass is 425 g/mol. The molecule has 1 saturated heterocycles. The van der Waals surface area contributed by atoms with Crippen LogP contribution in [-0.4, -0.2) is 39.7 Å². The van der Waals surface area contributed by atoms with Crippen molar-refractivity contribution in [1.82, 2.24) is 9.55 Å². The number of hydrogen-bond donors (Lipinski definition) is 1. The van der Waals surface area contributed by atoms with Gasteiger partial charge in [-0.15, -0.1) is 0 Å². The number of nitrogens with one attached hydrogen (secondary N) is 1. The SMILES string of the molecule is N#Cc1c2c(n(CC3CCCO3)c1NC(=O)COc1cccnc1[N+](=O)[O-])CCCC2. The fourth-order valence-corrected chi connectivity index (χ4v) is 4.26. The molecule has 1 fully saturated rings. The van der Waals surface area contributed by atoms with Crippen LogP contribution in [0.25, 0.3) is 0 Å². The number of hydrogen-bond acceptors (Lipinski definition) is 7. The second-order valence-electron chi connectivity index (χ2n) is 7.63. The number of fused-ring (bicyclic) bond motifs is 1. The van der Waals surface area contributed by atoms with E-state index in [1.54, 1.807) is 0 Å². The summed E-state index contributed by atoms with van der Waals surface area (Å²) in [6, 6.07) is 5.14. The minimum atomic E-state index is -0.665. The molecule has 0 aromatic carbocycles. The van der Waals surface area contributed by atoms with E-state index in [0.717, 1.165) is 56.4 Å². The molecule has 162 valence electrons. The van der Waals surface area contributed by atoms with Crippen molar-refractivity contribution in [3.8, 4) is 11.8 Å². The van der Waals surface area contributed by atoms with Crippen molar-refractivity contribution < 1.29 is 19.2 Å². The predicted molar refractivity (Wildman–Crippen MR) is 110 cm³/mol. The number of nitro groups is 1. The molecule has 1 unspecified atom stereocenters. The molecule has 3 heterocycles. The van der Waals surface area contributed by atoms with Crippen molar-refractivity contribution in [2.75, 3.05) is 18.5 Å². The lowest BCUT2D eigenvalue weighted by atomic mass is 9.95. The molecule has 10 heteroatoms. The zero-order valence-electron chi connectivity index (χ0n) is 17.0. The first kappa shape index (κ1) is 20.8. The Morgan fingerprint density at radius 2 is 2.26 bits per heavy atom. The predicted octanol–water partition coefficient (Wildman–Crippen LogP) is 2.74.